The number of hydrogen-bond acceptors (Lipinski definition) is 5. The molecular weight excluding hydrogens is 441 g/mol. The van der Waals surface area contributed by atoms with E-state index < -0.39 is 51.9 Å². The zero-order chi connectivity index (χ0) is 25.4. The highest BCUT2D eigenvalue weighted by atomic mass is 19.1. The average Bonchev–Trinajstić information content (AvgIpc) is 2.70. The number of halogens is 1. The van der Waals surface area contributed by atoms with Crippen molar-refractivity contribution in [2.45, 2.75) is 38.9 Å². The number of benzene rings is 2. The van der Waals surface area contributed by atoms with Gasteiger partial charge >= 0.3 is 12.1 Å². The van der Waals surface area contributed by atoms with Crippen LogP contribution in [0.1, 0.15) is 65.1 Å². The second-order valence-corrected chi connectivity index (χ2v) is 9.57. The van der Waals surface area contributed by atoms with Crippen LogP contribution in [0, 0.1) is 11.7 Å². The summed E-state index contributed by atoms with van der Waals surface area (Å²) < 4.78 is 20.5. The topological polar surface area (TPSA) is 104 Å². The number of hydrogen-bond donors (Lipinski definition) is 2. The van der Waals surface area contributed by atoms with Gasteiger partial charge in [-0.3, -0.25) is 4.79 Å². The van der Waals surface area contributed by atoms with Gasteiger partial charge in [-0.05, 0) is 51.0 Å². The van der Waals surface area contributed by atoms with E-state index in [-0.39, 0.29) is 24.2 Å². The SMILES string of the molecule is C=Cc1ccc(C(=O)c2c(F)cc(C(C)(O)C3CN(C(=O)OC(C)(C)C)C3)cc2C(=O)O)cc1. The van der Waals surface area contributed by atoms with Crippen LogP contribution in [0.3, 0.4) is 0 Å². The van der Waals surface area contributed by atoms with Crippen LogP contribution in [0.2, 0.25) is 0 Å². The molecule has 3 rings (SSSR count). The van der Waals surface area contributed by atoms with Gasteiger partial charge in [0.1, 0.15) is 11.4 Å². The molecule has 8 heteroatoms. The van der Waals surface area contributed by atoms with Crippen LogP contribution in [0.15, 0.2) is 43.0 Å². The first-order valence-electron chi connectivity index (χ1n) is 10.8. The van der Waals surface area contributed by atoms with E-state index in [9.17, 15) is 24.6 Å². The zero-order valence-electron chi connectivity index (χ0n) is 19.6. The van der Waals surface area contributed by atoms with Crippen LogP contribution in [0.25, 0.3) is 6.08 Å². The summed E-state index contributed by atoms with van der Waals surface area (Å²) in [7, 11) is 0. The summed E-state index contributed by atoms with van der Waals surface area (Å²) in [6.07, 6.45) is 1.05. The van der Waals surface area contributed by atoms with E-state index in [0.717, 1.165) is 17.7 Å². The molecule has 0 spiro atoms. The van der Waals surface area contributed by atoms with Crippen molar-refractivity contribution in [2.24, 2.45) is 5.92 Å². The van der Waals surface area contributed by atoms with Crippen LogP contribution < -0.4 is 0 Å². The summed E-state index contributed by atoms with van der Waals surface area (Å²) in [4.78, 5) is 38.5. The van der Waals surface area contributed by atoms with Crippen molar-refractivity contribution in [3.63, 3.8) is 0 Å². The van der Waals surface area contributed by atoms with Crippen molar-refractivity contribution in [1.29, 1.82) is 0 Å². The predicted molar refractivity (Wildman–Crippen MR) is 124 cm³/mol. The molecule has 1 unspecified atom stereocenters. The van der Waals surface area contributed by atoms with Gasteiger partial charge in [-0.1, -0.05) is 36.9 Å². The Morgan fingerprint density at radius 2 is 1.71 bits per heavy atom. The molecule has 1 fully saturated rings. The van der Waals surface area contributed by atoms with Gasteiger partial charge in [0.05, 0.1) is 16.7 Å². The molecule has 1 heterocycles. The second kappa shape index (κ2) is 9.02. The first-order valence-corrected chi connectivity index (χ1v) is 10.8. The maximum atomic E-state index is 15.2. The van der Waals surface area contributed by atoms with E-state index in [4.69, 9.17) is 4.74 Å². The van der Waals surface area contributed by atoms with Gasteiger partial charge in [-0.25, -0.2) is 14.0 Å². The number of carbonyl (C=O) groups is 3. The Labute approximate surface area is 197 Å². The highest BCUT2D eigenvalue weighted by Gasteiger charge is 2.45. The number of carboxylic acids is 1. The van der Waals surface area contributed by atoms with Crippen LogP contribution >= 0.6 is 0 Å². The molecular formula is C26H28FNO6. The fraction of sp³-hybridized carbons (Fsp3) is 0.346. The van der Waals surface area contributed by atoms with Crippen molar-refractivity contribution in [2.75, 3.05) is 13.1 Å². The number of carbonyl (C=O) groups excluding carboxylic acids is 2. The molecule has 0 aliphatic carbocycles. The number of ketones is 1. The highest BCUT2D eigenvalue weighted by Crippen LogP contribution is 2.38. The number of likely N-dealkylation sites (tertiary alicyclic amines) is 1. The zero-order valence-corrected chi connectivity index (χ0v) is 19.6. The molecule has 1 atom stereocenters. The Morgan fingerprint density at radius 3 is 2.21 bits per heavy atom. The largest absolute Gasteiger partial charge is 0.478 e. The van der Waals surface area contributed by atoms with Crippen LogP contribution in [-0.4, -0.2) is 51.6 Å². The van der Waals surface area contributed by atoms with Gasteiger partial charge in [0.15, 0.2) is 5.78 Å². The molecule has 0 bridgehead atoms. The van der Waals surface area contributed by atoms with E-state index in [1.54, 1.807) is 39.0 Å². The number of carboxylic acid groups (broad SMARTS) is 1. The Kier molecular flexibility index (Phi) is 6.66. The predicted octanol–water partition coefficient (Wildman–Crippen LogP) is 4.47. The van der Waals surface area contributed by atoms with Gasteiger partial charge in [0.25, 0.3) is 0 Å². The molecule has 1 saturated heterocycles. The number of aromatic carboxylic acids is 1. The molecule has 1 amide bonds. The van der Waals surface area contributed by atoms with Crippen molar-refractivity contribution >= 4 is 23.9 Å². The van der Waals surface area contributed by atoms with Gasteiger partial charge in [-0.15, -0.1) is 0 Å². The fourth-order valence-electron chi connectivity index (χ4n) is 3.76. The van der Waals surface area contributed by atoms with E-state index in [1.165, 1.54) is 24.0 Å². The summed E-state index contributed by atoms with van der Waals surface area (Å²) in [5.74, 6) is -3.80. The molecule has 2 aromatic carbocycles. The highest BCUT2D eigenvalue weighted by molar-refractivity contribution is 6.14. The van der Waals surface area contributed by atoms with Crippen LogP contribution in [-0.2, 0) is 10.3 Å². The van der Waals surface area contributed by atoms with E-state index in [2.05, 4.69) is 6.58 Å². The lowest BCUT2D eigenvalue weighted by molar-refractivity contribution is -0.0816. The molecule has 34 heavy (non-hydrogen) atoms. The summed E-state index contributed by atoms with van der Waals surface area (Å²) in [6, 6.07) is 8.26. The van der Waals surface area contributed by atoms with Gasteiger partial charge in [-0.2, -0.15) is 0 Å². The standard InChI is InChI=1S/C26H28FNO6/c1-6-15-7-9-16(10-8-15)22(29)21-19(23(30)31)11-17(12-20(21)27)26(5,33)18-13-28(14-18)24(32)34-25(2,3)4/h6-12,18,33H,1,13-14H2,2-5H3,(H,30,31). The number of ether oxygens (including phenoxy) is 1. The van der Waals surface area contributed by atoms with E-state index >= 15 is 4.39 Å². The Balaban J connectivity index is 1.89. The van der Waals surface area contributed by atoms with E-state index in [1.807, 2.05) is 0 Å². The van der Waals surface area contributed by atoms with E-state index in [0.29, 0.717) is 0 Å². The van der Waals surface area contributed by atoms with Gasteiger partial charge < -0.3 is 19.8 Å². The summed E-state index contributed by atoms with van der Waals surface area (Å²) in [6.45, 7) is 10.6. The van der Waals surface area contributed by atoms with Crippen molar-refractivity contribution < 1.29 is 33.7 Å². The monoisotopic (exact) mass is 469 g/mol. The lowest BCUT2D eigenvalue weighted by Gasteiger charge is -2.46. The normalized spacial score (nSPS) is 15.8. The molecule has 180 valence electrons. The minimum atomic E-state index is -1.64. The molecule has 0 radical (unpaired) electrons. The number of amides is 1. The molecule has 1 aliphatic heterocycles. The first kappa shape index (κ1) is 25.1. The lowest BCUT2D eigenvalue weighted by Crippen LogP contribution is -2.58. The minimum absolute atomic E-state index is 0.00907. The molecule has 0 aromatic heterocycles. The molecule has 0 saturated carbocycles. The maximum Gasteiger partial charge on any atom is 0.410 e. The van der Waals surface area contributed by atoms with Gasteiger partial charge in [0.2, 0.25) is 0 Å². The third kappa shape index (κ3) is 5.02. The molecule has 7 nitrogen and oxygen atoms in total. The summed E-state index contributed by atoms with van der Waals surface area (Å²) in [5, 5.41) is 20.8. The molecule has 1 aliphatic rings. The molecule has 2 N–H and O–H groups in total. The third-order valence-corrected chi connectivity index (χ3v) is 5.87. The van der Waals surface area contributed by atoms with Crippen molar-refractivity contribution in [3.05, 3.63) is 76.6 Å². The summed E-state index contributed by atoms with van der Waals surface area (Å²) in [5.41, 5.74) is -2.55. The van der Waals surface area contributed by atoms with Crippen molar-refractivity contribution in [1.82, 2.24) is 4.90 Å². The Bertz CT molecular complexity index is 1140. The quantitative estimate of drug-likeness (QED) is 0.605. The van der Waals surface area contributed by atoms with Crippen LogP contribution in [0.5, 0.6) is 0 Å². The van der Waals surface area contributed by atoms with Gasteiger partial charge in [0, 0.05) is 24.6 Å². The Morgan fingerprint density at radius 1 is 1.12 bits per heavy atom. The van der Waals surface area contributed by atoms with Crippen molar-refractivity contribution in [3.8, 4) is 0 Å². The third-order valence-electron chi connectivity index (χ3n) is 5.87. The smallest absolute Gasteiger partial charge is 0.410 e. The van der Waals surface area contributed by atoms with Crippen LogP contribution in [0.4, 0.5) is 9.18 Å². The number of rotatable bonds is 6. The number of aliphatic hydroxyl groups is 1. The lowest BCUT2D eigenvalue weighted by atomic mass is 9.77. The average molecular weight is 470 g/mol. The fourth-order valence-corrected chi connectivity index (χ4v) is 3.76. The maximum absolute atomic E-state index is 15.2. The second-order valence-electron chi connectivity index (χ2n) is 9.57. The minimum Gasteiger partial charge on any atom is -0.478 e. The molecule has 2 aromatic rings. The Hall–Kier alpha value is -3.52. The number of nitrogens with zero attached hydrogens (tertiary/aromatic N) is 1. The summed E-state index contributed by atoms with van der Waals surface area (Å²) >= 11 is 0. The first-order chi connectivity index (χ1) is 15.7.